The fraction of sp³-hybridized carbons (Fsp3) is 0.412. The van der Waals surface area contributed by atoms with Gasteiger partial charge in [-0.1, -0.05) is 6.07 Å². The average Bonchev–Trinajstić information content (AvgIpc) is 3.28. The van der Waals surface area contributed by atoms with Crippen LogP contribution < -0.4 is 9.46 Å². The van der Waals surface area contributed by atoms with Gasteiger partial charge in [-0.05, 0) is 61.6 Å². The van der Waals surface area contributed by atoms with Crippen molar-refractivity contribution in [1.82, 2.24) is 9.62 Å². The molecule has 2 aromatic rings. The Morgan fingerprint density at radius 1 is 1.15 bits per heavy atom. The van der Waals surface area contributed by atoms with Crippen molar-refractivity contribution in [2.45, 2.75) is 30.1 Å². The van der Waals surface area contributed by atoms with Crippen LogP contribution in [-0.4, -0.2) is 39.3 Å². The summed E-state index contributed by atoms with van der Waals surface area (Å²) >= 11 is 1.57. The van der Waals surface area contributed by atoms with Crippen molar-refractivity contribution in [1.29, 1.82) is 0 Å². The Labute approximate surface area is 159 Å². The van der Waals surface area contributed by atoms with Crippen LogP contribution in [0.5, 0.6) is 5.75 Å². The molecule has 148 valence electrons. The number of alkyl halides is 3. The Balaban J connectivity index is 1.69. The maximum Gasteiger partial charge on any atom is 0.573 e. The molecule has 1 unspecified atom stereocenters. The lowest BCUT2D eigenvalue weighted by Gasteiger charge is -2.26. The van der Waals surface area contributed by atoms with Crippen LogP contribution in [0.3, 0.4) is 0 Å². The number of hydrogen-bond donors (Lipinski definition) is 1. The lowest BCUT2D eigenvalue weighted by Crippen LogP contribution is -2.36. The minimum Gasteiger partial charge on any atom is -0.406 e. The predicted molar refractivity (Wildman–Crippen MR) is 96.2 cm³/mol. The van der Waals surface area contributed by atoms with Gasteiger partial charge in [-0.15, -0.1) is 24.5 Å². The maximum atomic E-state index is 12.5. The first kappa shape index (κ1) is 20.1. The predicted octanol–water partition coefficient (Wildman–Crippen LogP) is 3.76. The number of thiophene rings is 1. The van der Waals surface area contributed by atoms with Crippen molar-refractivity contribution in [3.05, 3.63) is 46.7 Å². The Morgan fingerprint density at radius 3 is 2.37 bits per heavy atom. The summed E-state index contributed by atoms with van der Waals surface area (Å²) in [5, 5.41) is 1.95. The average molecular weight is 420 g/mol. The third-order valence-corrected chi connectivity index (χ3v) is 6.70. The Hall–Kier alpha value is -1.62. The lowest BCUT2D eigenvalue weighted by molar-refractivity contribution is -0.274. The van der Waals surface area contributed by atoms with E-state index in [1.54, 1.807) is 11.3 Å². The molecule has 0 amide bonds. The summed E-state index contributed by atoms with van der Waals surface area (Å²) in [5.41, 5.74) is 0. The van der Waals surface area contributed by atoms with Gasteiger partial charge in [0.15, 0.2) is 0 Å². The molecule has 1 N–H and O–H groups in total. The second-order valence-corrected chi connectivity index (χ2v) is 8.89. The van der Waals surface area contributed by atoms with E-state index in [1.165, 1.54) is 0 Å². The summed E-state index contributed by atoms with van der Waals surface area (Å²) in [5.74, 6) is -0.463. The van der Waals surface area contributed by atoms with Crippen LogP contribution in [0.15, 0.2) is 46.7 Å². The van der Waals surface area contributed by atoms with E-state index < -0.39 is 22.1 Å². The number of likely N-dealkylation sites (tertiary alicyclic amines) is 1. The van der Waals surface area contributed by atoms with E-state index in [9.17, 15) is 21.6 Å². The van der Waals surface area contributed by atoms with E-state index in [1.807, 2.05) is 17.5 Å². The lowest BCUT2D eigenvalue weighted by atomic mass is 10.2. The first-order valence-electron chi connectivity index (χ1n) is 8.37. The number of nitrogens with zero attached hydrogens (tertiary/aromatic N) is 1. The largest absolute Gasteiger partial charge is 0.573 e. The molecule has 1 aromatic heterocycles. The molecule has 1 aliphatic heterocycles. The number of halogens is 3. The first-order valence-corrected chi connectivity index (χ1v) is 10.7. The standard InChI is InChI=1S/C17H19F3N2O3S2/c18-17(19,20)25-13-5-7-14(8-6-13)27(23,24)21-12-15(16-4-3-11-26-16)22-9-1-2-10-22/h3-8,11,15,21H,1-2,9-10,12H2. The highest BCUT2D eigenvalue weighted by Crippen LogP contribution is 2.29. The van der Waals surface area contributed by atoms with Crippen molar-refractivity contribution in [2.75, 3.05) is 19.6 Å². The highest BCUT2D eigenvalue weighted by molar-refractivity contribution is 7.89. The van der Waals surface area contributed by atoms with Crippen LogP contribution in [0.1, 0.15) is 23.8 Å². The molecule has 0 bridgehead atoms. The molecule has 27 heavy (non-hydrogen) atoms. The highest BCUT2D eigenvalue weighted by atomic mass is 32.2. The number of ether oxygens (including phenoxy) is 1. The first-order chi connectivity index (χ1) is 12.7. The second kappa shape index (κ2) is 8.17. The fourth-order valence-corrected chi connectivity index (χ4v) is 4.94. The van der Waals surface area contributed by atoms with E-state index in [0.29, 0.717) is 0 Å². The molecular formula is C17H19F3N2O3S2. The molecule has 5 nitrogen and oxygen atoms in total. The fourth-order valence-electron chi connectivity index (χ4n) is 3.04. The molecule has 3 rings (SSSR count). The van der Waals surface area contributed by atoms with Crippen LogP contribution in [-0.2, 0) is 10.0 Å². The summed E-state index contributed by atoms with van der Waals surface area (Å²) in [6, 6.07) is 8.01. The van der Waals surface area contributed by atoms with Crippen LogP contribution >= 0.6 is 11.3 Å². The number of sulfonamides is 1. The number of nitrogens with one attached hydrogen (secondary N) is 1. The molecule has 10 heteroatoms. The monoisotopic (exact) mass is 420 g/mol. The summed E-state index contributed by atoms with van der Waals surface area (Å²) in [6.07, 6.45) is -2.66. The smallest absolute Gasteiger partial charge is 0.406 e. The molecule has 2 heterocycles. The zero-order valence-electron chi connectivity index (χ0n) is 14.3. The molecule has 0 aliphatic carbocycles. The van der Waals surface area contributed by atoms with E-state index >= 15 is 0 Å². The minimum atomic E-state index is -4.82. The summed E-state index contributed by atoms with van der Waals surface area (Å²) < 4.78 is 68.0. The number of rotatable bonds is 7. The van der Waals surface area contributed by atoms with Gasteiger partial charge in [-0.2, -0.15) is 0 Å². The van der Waals surface area contributed by atoms with Crippen LogP contribution in [0, 0.1) is 0 Å². The van der Waals surface area contributed by atoms with Crippen molar-refractivity contribution in [3.63, 3.8) is 0 Å². The molecule has 1 fully saturated rings. The highest BCUT2D eigenvalue weighted by Gasteiger charge is 2.31. The normalized spacial score (nSPS) is 17.1. The number of hydrogen-bond acceptors (Lipinski definition) is 5. The van der Waals surface area contributed by atoms with Gasteiger partial charge in [0.25, 0.3) is 0 Å². The van der Waals surface area contributed by atoms with E-state index in [2.05, 4.69) is 14.4 Å². The van der Waals surface area contributed by atoms with Gasteiger partial charge < -0.3 is 4.74 Å². The van der Waals surface area contributed by atoms with Crippen molar-refractivity contribution >= 4 is 21.4 Å². The molecular weight excluding hydrogens is 401 g/mol. The summed E-state index contributed by atoms with van der Waals surface area (Å²) in [4.78, 5) is 3.21. The molecule has 0 saturated carbocycles. The quantitative estimate of drug-likeness (QED) is 0.741. The molecule has 0 radical (unpaired) electrons. The molecule has 1 aliphatic rings. The van der Waals surface area contributed by atoms with Crippen LogP contribution in [0.2, 0.25) is 0 Å². The second-order valence-electron chi connectivity index (χ2n) is 6.15. The van der Waals surface area contributed by atoms with Crippen molar-refractivity contribution < 1.29 is 26.3 Å². The van der Waals surface area contributed by atoms with Crippen LogP contribution in [0.4, 0.5) is 13.2 Å². The summed E-state index contributed by atoms with van der Waals surface area (Å²) in [7, 11) is -3.85. The van der Waals surface area contributed by atoms with E-state index in [4.69, 9.17) is 0 Å². The zero-order chi connectivity index (χ0) is 19.5. The maximum absolute atomic E-state index is 12.5. The Bertz CT molecular complexity index is 831. The van der Waals surface area contributed by atoms with Gasteiger partial charge in [0.05, 0.1) is 10.9 Å². The zero-order valence-corrected chi connectivity index (χ0v) is 15.9. The Kier molecular flexibility index (Phi) is 6.09. The van der Waals surface area contributed by atoms with Crippen molar-refractivity contribution in [3.8, 4) is 5.75 Å². The van der Waals surface area contributed by atoms with E-state index in [0.717, 1.165) is 55.1 Å². The van der Waals surface area contributed by atoms with Gasteiger partial charge in [-0.3, -0.25) is 4.90 Å². The molecule has 1 atom stereocenters. The minimum absolute atomic E-state index is 0.0601. The van der Waals surface area contributed by atoms with Gasteiger partial charge in [0.1, 0.15) is 5.75 Å². The van der Waals surface area contributed by atoms with Gasteiger partial charge >= 0.3 is 6.36 Å². The van der Waals surface area contributed by atoms with Gasteiger partial charge in [-0.25, -0.2) is 13.1 Å². The molecule has 1 aromatic carbocycles. The number of benzene rings is 1. The topological polar surface area (TPSA) is 58.6 Å². The third-order valence-electron chi connectivity index (χ3n) is 4.29. The van der Waals surface area contributed by atoms with Crippen molar-refractivity contribution in [2.24, 2.45) is 0 Å². The van der Waals surface area contributed by atoms with Gasteiger partial charge in [0.2, 0.25) is 10.0 Å². The SMILES string of the molecule is O=S(=O)(NCC(c1cccs1)N1CCCC1)c1ccc(OC(F)(F)F)cc1. The molecule has 1 saturated heterocycles. The van der Waals surface area contributed by atoms with Gasteiger partial charge in [0, 0.05) is 11.4 Å². The summed E-state index contributed by atoms with van der Waals surface area (Å²) in [6.45, 7) is 2.02. The van der Waals surface area contributed by atoms with Crippen LogP contribution in [0.25, 0.3) is 0 Å². The van der Waals surface area contributed by atoms with E-state index in [-0.39, 0.29) is 17.5 Å². The molecule has 0 spiro atoms. The third kappa shape index (κ3) is 5.44. The Morgan fingerprint density at radius 2 is 1.81 bits per heavy atom.